The van der Waals surface area contributed by atoms with Crippen LogP contribution in [-0.2, 0) is 0 Å². The molecule has 0 radical (unpaired) electrons. The van der Waals surface area contributed by atoms with Crippen molar-refractivity contribution in [3.63, 3.8) is 0 Å². The Hall–Kier alpha value is -1.82. The molecule has 0 unspecified atom stereocenters. The van der Waals surface area contributed by atoms with Crippen LogP contribution in [0.15, 0.2) is 18.6 Å². The molecule has 0 bridgehead atoms. The Kier molecular flexibility index (Phi) is 1.34. The highest BCUT2D eigenvalue weighted by molar-refractivity contribution is 5.62. The molecule has 12 heavy (non-hydrogen) atoms. The van der Waals surface area contributed by atoms with Crippen molar-refractivity contribution in [2.75, 3.05) is 0 Å². The Morgan fingerprint density at radius 3 is 3.17 bits per heavy atom. The van der Waals surface area contributed by atoms with Gasteiger partial charge in [0.15, 0.2) is 0 Å². The highest BCUT2D eigenvalue weighted by atomic mass is 15.2. The molecule has 2 rings (SSSR count). The highest BCUT2D eigenvalue weighted by Crippen LogP contribution is 2.10. The average molecular weight is 157 g/mol. The van der Waals surface area contributed by atoms with E-state index < -0.39 is 0 Å². The van der Waals surface area contributed by atoms with Crippen molar-refractivity contribution in [3.8, 4) is 12.3 Å². The van der Waals surface area contributed by atoms with Gasteiger partial charge in [-0.3, -0.25) is 0 Å². The van der Waals surface area contributed by atoms with Crippen molar-refractivity contribution in [1.29, 1.82) is 0 Å². The summed E-state index contributed by atoms with van der Waals surface area (Å²) in [6.07, 6.45) is 10.5. The van der Waals surface area contributed by atoms with Crippen LogP contribution in [-0.4, -0.2) is 14.6 Å². The van der Waals surface area contributed by atoms with Gasteiger partial charge in [0.05, 0.1) is 6.20 Å². The van der Waals surface area contributed by atoms with Crippen LogP contribution in [0.2, 0.25) is 0 Å². The van der Waals surface area contributed by atoms with E-state index in [0.29, 0.717) is 5.69 Å². The topological polar surface area (TPSA) is 30.2 Å². The molecular weight excluding hydrogens is 150 g/mol. The maximum atomic E-state index is 5.29. The summed E-state index contributed by atoms with van der Waals surface area (Å²) in [7, 11) is 0. The van der Waals surface area contributed by atoms with Crippen LogP contribution in [0.3, 0.4) is 0 Å². The smallest absolute Gasteiger partial charge is 0.138 e. The maximum Gasteiger partial charge on any atom is 0.138 e. The van der Waals surface area contributed by atoms with Crippen molar-refractivity contribution in [2.24, 2.45) is 0 Å². The molecule has 0 aliphatic carbocycles. The Labute approximate surface area is 70.1 Å². The molecule has 2 heterocycles. The van der Waals surface area contributed by atoms with Gasteiger partial charge >= 0.3 is 0 Å². The Balaban J connectivity index is 2.96. The summed E-state index contributed by atoms with van der Waals surface area (Å²) < 4.78 is 1.73. The number of hydrogen-bond acceptors (Lipinski definition) is 2. The lowest BCUT2D eigenvalue weighted by molar-refractivity contribution is 0.942. The fourth-order valence-corrected chi connectivity index (χ4v) is 1.19. The number of fused-ring (bicyclic) bond motifs is 1. The zero-order chi connectivity index (χ0) is 8.55. The molecule has 0 fully saturated rings. The second-order valence-corrected chi connectivity index (χ2v) is 2.54. The van der Waals surface area contributed by atoms with Gasteiger partial charge in [-0.2, -0.15) is 5.10 Å². The van der Waals surface area contributed by atoms with E-state index in [2.05, 4.69) is 16.0 Å². The number of terminal acetylenes is 1. The Morgan fingerprint density at radius 2 is 2.42 bits per heavy atom. The van der Waals surface area contributed by atoms with E-state index in [1.807, 2.05) is 6.92 Å². The Morgan fingerprint density at radius 1 is 1.58 bits per heavy atom. The van der Waals surface area contributed by atoms with E-state index >= 15 is 0 Å². The molecule has 0 aliphatic rings. The lowest BCUT2D eigenvalue weighted by Gasteiger charge is -1.95. The second kappa shape index (κ2) is 2.35. The third kappa shape index (κ3) is 0.785. The van der Waals surface area contributed by atoms with Crippen LogP contribution in [0.1, 0.15) is 11.3 Å². The maximum absolute atomic E-state index is 5.29. The molecule has 3 heteroatoms. The minimum atomic E-state index is 0.646. The van der Waals surface area contributed by atoms with E-state index in [9.17, 15) is 0 Å². The van der Waals surface area contributed by atoms with Gasteiger partial charge in [0, 0.05) is 12.4 Å². The molecule has 0 spiro atoms. The zero-order valence-corrected chi connectivity index (χ0v) is 6.65. The summed E-state index contributed by atoms with van der Waals surface area (Å²) >= 11 is 0. The molecule has 2 aromatic heterocycles. The first kappa shape index (κ1) is 6.86. The van der Waals surface area contributed by atoms with Gasteiger partial charge in [-0.05, 0) is 18.4 Å². The molecule has 0 saturated carbocycles. The monoisotopic (exact) mass is 157 g/mol. The normalized spacial score (nSPS) is 10.0. The number of aromatic nitrogens is 3. The first-order valence-corrected chi connectivity index (χ1v) is 3.58. The molecule has 0 aliphatic heterocycles. The summed E-state index contributed by atoms with van der Waals surface area (Å²) in [5.41, 5.74) is 2.61. The molecule has 0 saturated heterocycles. The van der Waals surface area contributed by atoms with Crippen LogP contribution in [0.25, 0.3) is 5.52 Å². The first-order valence-electron chi connectivity index (χ1n) is 3.58. The minimum absolute atomic E-state index is 0.646. The van der Waals surface area contributed by atoms with E-state index in [1.54, 1.807) is 23.1 Å². The summed E-state index contributed by atoms with van der Waals surface area (Å²) in [6.45, 7) is 1.96. The second-order valence-electron chi connectivity index (χ2n) is 2.54. The summed E-state index contributed by atoms with van der Waals surface area (Å²) in [5.74, 6) is 2.52. The summed E-state index contributed by atoms with van der Waals surface area (Å²) in [5, 5.41) is 4.11. The molecule has 58 valence electrons. The third-order valence-corrected chi connectivity index (χ3v) is 1.75. The van der Waals surface area contributed by atoms with E-state index in [-0.39, 0.29) is 0 Å². The third-order valence-electron chi connectivity index (χ3n) is 1.75. The van der Waals surface area contributed by atoms with Gasteiger partial charge in [-0.1, -0.05) is 0 Å². The largest absolute Gasteiger partial charge is 0.244 e. The fraction of sp³-hybridized carbons (Fsp3) is 0.111. The van der Waals surface area contributed by atoms with Crippen LogP contribution >= 0.6 is 0 Å². The minimum Gasteiger partial charge on any atom is -0.244 e. The lowest BCUT2D eigenvalue weighted by Crippen LogP contribution is -1.92. The van der Waals surface area contributed by atoms with Crippen molar-refractivity contribution >= 4 is 5.52 Å². The standard InChI is InChI=1S/C9H7N3/c1-3-8-9-7(2)6-11-12(9)5-4-10-8/h1,4-6H,2H3. The van der Waals surface area contributed by atoms with Crippen molar-refractivity contribution in [3.05, 3.63) is 29.8 Å². The molecular formula is C9H7N3. The molecule has 2 aromatic rings. The number of hydrogen-bond donors (Lipinski definition) is 0. The lowest BCUT2D eigenvalue weighted by atomic mass is 10.2. The summed E-state index contributed by atoms with van der Waals surface area (Å²) in [4.78, 5) is 4.06. The number of nitrogens with zero attached hydrogens (tertiary/aromatic N) is 3. The molecule has 0 N–H and O–H groups in total. The van der Waals surface area contributed by atoms with E-state index in [4.69, 9.17) is 6.42 Å². The Bertz CT molecular complexity index is 462. The molecule has 3 nitrogen and oxygen atoms in total. The van der Waals surface area contributed by atoms with E-state index in [1.165, 1.54) is 0 Å². The van der Waals surface area contributed by atoms with Gasteiger partial charge in [-0.15, -0.1) is 6.42 Å². The number of aryl methyl sites for hydroxylation is 1. The van der Waals surface area contributed by atoms with Crippen molar-refractivity contribution in [2.45, 2.75) is 6.92 Å². The summed E-state index contributed by atoms with van der Waals surface area (Å²) in [6, 6.07) is 0. The van der Waals surface area contributed by atoms with E-state index in [0.717, 1.165) is 11.1 Å². The molecule has 0 atom stereocenters. The van der Waals surface area contributed by atoms with Crippen LogP contribution in [0.5, 0.6) is 0 Å². The average Bonchev–Trinajstić information content (AvgIpc) is 2.48. The van der Waals surface area contributed by atoms with Gasteiger partial charge in [0.25, 0.3) is 0 Å². The van der Waals surface area contributed by atoms with Crippen LogP contribution < -0.4 is 0 Å². The van der Waals surface area contributed by atoms with Gasteiger partial charge in [0.1, 0.15) is 11.2 Å². The SMILES string of the molecule is C#Cc1nccn2ncc(C)c12. The fourth-order valence-electron chi connectivity index (χ4n) is 1.19. The zero-order valence-electron chi connectivity index (χ0n) is 6.65. The molecule has 0 aromatic carbocycles. The van der Waals surface area contributed by atoms with Crippen LogP contribution in [0, 0.1) is 19.3 Å². The number of rotatable bonds is 0. The quantitative estimate of drug-likeness (QED) is 0.534. The van der Waals surface area contributed by atoms with Crippen molar-refractivity contribution in [1.82, 2.24) is 14.6 Å². The van der Waals surface area contributed by atoms with Gasteiger partial charge in [0.2, 0.25) is 0 Å². The van der Waals surface area contributed by atoms with Gasteiger partial charge < -0.3 is 0 Å². The predicted molar refractivity (Wildman–Crippen MR) is 45.7 cm³/mol. The predicted octanol–water partition coefficient (Wildman–Crippen LogP) is 1.02. The molecule has 0 amide bonds. The van der Waals surface area contributed by atoms with Crippen LogP contribution in [0.4, 0.5) is 0 Å². The highest BCUT2D eigenvalue weighted by Gasteiger charge is 2.03. The first-order chi connectivity index (χ1) is 5.83. The van der Waals surface area contributed by atoms with Crippen molar-refractivity contribution < 1.29 is 0 Å². The van der Waals surface area contributed by atoms with Gasteiger partial charge in [-0.25, -0.2) is 9.50 Å².